The van der Waals surface area contributed by atoms with Crippen molar-refractivity contribution in [2.24, 2.45) is 0 Å². The van der Waals surface area contributed by atoms with Crippen molar-refractivity contribution >= 4 is 50.7 Å². The molecule has 0 saturated heterocycles. The van der Waals surface area contributed by atoms with E-state index in [2.05, 4.69) is 26.2 Å². The number of pyridine rings is 1. The van der Waals surface area contributed by atoms with Gasteiger partial charge in [0.05, 0.1) is 4.47 Å². The first kappa shape index (κ1) is 15.2. The molecule has 7 heteroatoms. The molecule has 3 nitrogen and oxygen atoms in total. The third-order valence-electron chi connectivity index (χ3n) is 2.54. The quantitative estimate of drug-likeness (QED) is 0.760. The molecule has 0 fully saturated rings. The normalized spacial score (nSPS) is 10.4. The van der Waals surface area contributed by atoms with Gasteiger partial charge in [0.1, 0.15) is 16.1 Å². The molecule has 104 valence electrons. The van der Waals surface area contributed by atoms with E-state index in [0.29, 0.717) is 10.2 Å². The molecule has 1 aromatic carbocycles. The highest BCUT2D eigenvalue weighted by Gasteiger charge is 2.12. The van der Waals surface area contributed by atoms with E-state index in [1.807, 2.05) is 0 Å². The van der Waals surface area contributed by atoms with Crippen LogP contribution in [-0.4, -0.2) is 10.9 Å². The van der Waals surface area contributed by atoms with Gasteiger partial charge in [-0.05, 0) is 52.7 Å². The Balaban J connectivity index is 2.30. The predicted octanol–water partition coefficient (Wildman–Crippen LogP) is 4.85. The van der Waals surface area contributed by atoms with E-state index in [0.717, 1.165) is 5.56 Å². The van der Waals surface area contributed by atoms with Crippen LogP contribution in [0.15, 0.2) is 28.7 Å². The average molecular weight is 378 g/mol. The Kier molecular flexibility index (Phi) is 4.62. The fourth-order valence-electron chi connectivity index (χ4n) is 1.57. The van der Waals surface area contributed by atoms with Gasteiger partial charge >= 0.3 is 0 Å². The summed E-state index contributed by atoms with van der Waals surface area (Å²) in [7, 11) is 0. The number of nitrogens with one attached hydrogen (secondary N) is 1. The Hall–Kier alpha value is -1.17. The number of rotatable bonds is 2. The Morgan fingerprint density at radius 1 is 1.25 bits per heavy atom. The Morgan fingerprint density at radius 2 is 1.85 bits per heavy atom. The molecule has 20 heavy (non-hydrogen) atoms. The maximum absolute atomic E-state index is 13.5. The number of anilines is 1. The minimum Gasteiger partial charge on any atom is -0.322 e. The first-order valence-electron chi connectivity index (χ1n) is 5.47. The number of nitrogens with zero attached hydrogens (tertiary/aromatic N) is 1. The van der Waals surface area contributed by atoms with E-state index in [9.17, 15) is 9.18 Å². The standard InChI is InChI=1S/C13H8BrCl2FN2O/c1-6-2-8(14)9(17)5-10(6)18-13(20)7-3-11(15)19-12(16)4-7/h2-5H,1H3,(H,18,20). The van der Waals surface area contributed by atoms with Crippen LogP contribution in [0.3, 0.4) is 0 Å². The van der Waals surface area contributed by atoms with Crippen LogP contribution in [0.2, 0.25) is 10.3 Å². The molecule has 0 saturated carbocycles. The van der Waals surface area contributed by atoms with Crippen molar-refractivity contribution in [2.45, 2.75) is 6.92 Å². The number of carbonyl (C=O) groups is 1. The van der Waals surface area contributed by atoms with Gasteiger partial charge < -0.3 is 5.32 Å². The highest BCUT2D eigenvalue weighted by molar-refractivity contribution is 9.10. The van der Waals surface area contributed by atoms with E-state index < -0.39 is 11.7 Å². The summed E-state index contributed by atoms with van der Waals surface area (Å²) in [5.41, 5.74) is 1.34. The van der Waals surface area contributed by atoms with Crippen LogP contribution < -0.4 is 5.32 Å². The molecular formula is C13H8BrCl2FN2O. The summed E-state index contributed by atoms with van der Waals surface area (Å²) in [6.07, 6.45) is 0. The minimum absolute atomic E-state index is 0.112. The molecule has 0 unspecified atom stereocenters. The summed E-state index contributed by atoms with van der Waals surface area (Å²) in [5.74, 6) is -0.905. The summed E-state index contributed by atoms with van der Waals surface area (Å²) < 4.78 is 13.8. The highest BCUT2D eigenvalue weighted by Crippen LogP contribution is 2.25. The third kappa shape index (κ3) is 3.48. The number of aromatic nitrogens is 1. The molecule has 0 bridgehead atoms. The summed E-state index contributed by atoms with van der Waals surface area (Å²) in [4.78, 5) is 15.8. The molecular weight excluding hydrogens is 370 g/mol. The summed E-state index contributed by atoms with van der Waals surface area (Å²) >= 11 is 14.5. The first-order valence-corrected chi connectivity index (χ1v) is 7.02. The number of halogens is 4. The van der Waals surface area contributed by atoms with Crippen molar-refractivity contribution in [3.05, 3.63) is 56.0 Å². The lowest BCUT2D eigenvalue weighted by Crippen LogP contribution is -2.13. The number of hydrogen-bond donors (Lipinski definition) is 1. The fourth-order valence-corrected chi connectivity index (χ4v) is 2.49. The Bertz CT molecular complexity index is 674. The van der Waals surface area contributed by atoms with Gasteiger partial charge in [-0.25, -0.2) is 9.37 Å². The predicted molar refractivity (Wildman–Crippen MR) is 81.0 cm³/mol. The molecule has 1 amide bonds. The number of aryl methyl sites for hydroxylation is 1. The van der Waals surface area contributed by atoms with Crippen LogP contribution >= 0.6 is 39.1 Å². The van der Waals surface area contributed by atoms with E-state index in [4.69, 9.17) is 23.2 Å². The van der Waals surface area contributed by atoms with Gasteiger partial charge in [-0.15, -0.1) is 0 Å². The van der Waals surface area contributed by atoms with Crippen LogP contribution in [-0.2, 0) is 0 Å². The van der Waals surface area contributed by atoms with Gasteiger partial charge in [0.2, 0.25) is 0 Å². The molecule has 2 rings (SSSR count). The molecule has 1 heterocycles. The van der Waals surface area contributed by atoms with Crippen LogP contribution in [0.1, 0.15) is 15.9 Å². The van der Waals surface area contributed by atoms with Gasteiger partial charge in [0.15, 0.2) is 0 Å². The zero-order chi connectivity index (χ0) is 14.9. The molecule has 0 spiro atoms. The van der Waals surface area contributed by atoms with Crippen LogP contribution in [0, 0.1) is 12.7 Å². The van der Waals surface area contributed by atoms with Crippen molar-refractivity contribution in [3.63, 3.8) is 0 Å². The summed E-state index contributed by atoms with van der Waals surface area (Å²) in [6, 6.07) is 5.58. The Labute approximate surface area is 133 Å². The van der Waals surface area contributed by atoms with Gasteiger partial charge in [-0.3, -0.25) is 4.79 Å². The average Bonchev–Trinajstić information content (AvgIpc) is 2.34. The van der Waals surface area contributed by atoms with E-state index in [1.165, 1.54) is 18.2 Å². The van der Waals surface area contributed by atoms with Crippen molar-refractivity contribution in [1.82, 2.24) is 4.98 Å². The topological polar surface area (TPSA) is 42.0 Å². The Morgan fingerprint density at radius 3 is 2.45 bits per heavy atom. The molecule has 1 aromatic heterocycles. The number of benzene rings is 1. The van der Waals surface area contributed by atoms with Crippen molar-refractivity contribution in [2.75, 3.05) is 5.32 Å². The van der Waals surface area contributed by atoms with Crippen LogP contribution in [0.4, 0.5) is 10.1 Å². The zero-order valence-corrected chi connectivity index (χ0v) is 13.3. The minimum atomic E-state index is -0.461. The lowest BCUT2D eigenvalue weighted by Gasteiger charge is -2.10. The van der Waals surface area contributed by atoms with Crippen molar-refractivity contribution < 1.29 is 9.18 Å². The molecule has 0 atom stereocenters. The monoisotopic (exact) mass is 376 g/mol. The molecule has 0 radical (unpaired) electrons. The van der Waals surface area contributed by atoms with Crippen LogP contribution in [0.25, 0.3) is 0 Å². The zero-order valence-electron chi connectivity index (χ0n) is 10.2. The number of hydrogen-bond acceptors (Lipinski definition) is 2. The maximum Gasteiger partial charge on any atom is 0.255 e. The van der Waals surface area contributed by atoms with E-state index >= 15 is 0 Å². The smallest absolute Gasteiger partial charge is 0.255 e. The number of amides is 1. The van der Waals surface area contributed by atoms with Gasteiger partial charge in [-0.2, -0.15) is 0 Å². The molecule has 1 N–H and O–H groups in total. The van der Waals surface area contributed by atoms with Crippen molar-refractivity contribution in [3.8, 4) is 0 Å². The number of carbonyl (C=O) groups excluding carboxylic acids is 1. The molecule has 0 aliphatic rings. The largest absolute Gasteiger partial charge is 0.322 e. The fraction of sp³-hybridized carbons (Fsp3) is 0.0769. The first-order chi connectivity index (χ1) is 9.36. The second-order valence-corrected chi connectivity index (χ2v) is 5.67. The van der Waals surface area contributed by atoms with Gasteiger partial charge in [0, 0.05) is 11.3 Å². The molecule has 0 aliphatic carbocycles. The van der Waals surface area contributed by atoms with Gasteiger partial charge in [0.25, 0.3) is 5.91 Å². The lowest BCUT2D eigenvalue weighted by molar-refractivity contribution is 0.102. The SMILES string of the molecule is Cc1cc(Br)c(F)cc1NC(=O)c1cc(Cl)nc(Cl)c1. The van der Waals surface area contributed by atoms with Crippen LogP contribution in [0.5, 0.6) is 0 Å². The summed E-state index contributed by atoms with van der Waals surface area (Å²) in [5, 5.41) is 2.83. The van der Waals surface area contributed by atoms with E-state index in [-0.39, 0.29) is 15.9 Å². The summed E-state index contributed by atoms with van der Waals surface area (Å²) in [6.45, 7) is 1.76. The third-order valence-corrected chi connectivity index (χ3v) is 3.54. The van der Waals surface area contributed by atoms with Crippen molar-refractivity contribution in [1.29, 1.82) is 0 Å². The second kappa shape index (κ2) is 6.08. The molecule has 2 aromatic rings. The molecule has 0 aliphatic heterocycles. The second-order valence-electron chi connectivity index (χ2n) is 4.04. The lowest BCUT2D eigenvalue weighted by atomic mass is 10.2. The maximum atomic E-state index is 13.5. The van der Waals surface area contributed by atoms with Gasteiger partial charge in [-0.1, -0.05) is 23.2 Å². The highest BCUT2D eigenvalue weighted by atomic mass is 79.9. The van der Waals surface area contributed by atoms with E-state index in [1.54, 1.807) is 13.0 Å².